The van der Waals surface area contributed by atoms with Gasteiger partial charge < -0.3 is 14.6 Å². The number of esters is 1. The summed E-state index contributed by atoms with van der Waals surface area (Å²) in [5, 5.41) is 3.08. The van der Waals surface area contributed by atoms with Gasteiger partial charge in [0.25, 0.3) is 5.91 Å². The number of hydrogen-bond acceptors (Lipinski definition) is 3. The van der Waals surface area contributed by atoms with Crippen LogP contribution in [0.5, 0.6) is 0 Å². The maximum Gasteiger partial charge on any atom is 0.340 e. The highest BCUT2D eigenvalue weighted by Gasteiger charge is 2.22. The number of carbonyl (C=O) groups excluding carboxylic acids is 2. The SMILES string of the molecule is CCn1c(C)cc(C(=O)O[C@@H](C)C(=O)Nc2ccccc2Cl)c1C. The predicted octanol–water partition coefficient (Wildman–Crippen LogP) is 3.96. The third kappa shape index (κ3) is 3.79. The molecule has 24 heavy (non-hydrogen) atoms. The minimum Gasteiger partial charge on any atom is -0.449 e. The minimum absolute atomic E-state index is 0.427. The molecule has 1 heterocycles. The van der Waals surface area contributed by atoms with Crippen LogP contribution in [0.1, 0.15) is 35.6 Å². The van der Waals surface area contributed by atoms with Crippen molar-refractivity contribution in [2.24, 2.45) is 0 Å². The number of carbonyl (C=O) groups is 2. The summed E-state index contributed by atoms with van der Waals surface area (Å²) in [6.45, 7) is 8.10. The zero-order chi connectivity index (χ0) is 17.9. The van der Waals surface area contributed by atoms with Crippen molar-refractivity contribution in [3.63, 3.8) is 0 Å². The highest BCUT2D eigenvalue weighted by atomic mass is 35.5. The molecule has 0 spiro atoms. The van der Waals surface area contributed by atoms with E-state index in [1.165, 1.54) is 6.92 Å². The molecule has 2 aromatic rings. The number of nitrogens with zero attached hydrogens (tertiary/aromatic N) is 1. The molecule has 6 heteroatoms. The highest BCUT2D eigenvalue weighted by molar-refractivity contribution is 6.33. The smallest absolute Gasteiger partial charge is 0.340 e. The molecule has 0 unspecified atom stereocenters. The summed E-state index contributed by atoms with van der Waals surface area (Å²) in [4.78, 5) is 24.5. The summed E-state index contributed by atoms with van der Waals surface area (Å²) in [6, 6.07) is 8.67. The van der Waals surface area contributed by atoms with E-state index in [0.717, 1.165) is 17.9 Å². The number of amides is 1. The molecule has 2 rings (SSSR count). The van der Waals surface area contributed by atoms with E-state index in [1.54, 1.807) is 30.3 Å². The second-order valence-electron chi connectivity index (χ2n) is 5.55. The first-order valence-corrected chi connectivity index (χ1v) is 8.16. The zero-order valence-corrected chi connectivity index (χ0v) is 15.0. The van der Waals surface area contributed by atoms with Gasteiger partial charge in [0.2, 0.25) is 0 Å². The van der Waals surface area contributed by atoms with E-state index in [9.17, 15) is 9.59 Å². The van der Waals surface area contributed by atoms with Crippen LogP contribution < -0.4 is 5.32 Å². The Kier molecular flexibility index (Phi) is 5.67. The Morgan fingerprint density at radius 1 is 1.29 bits per heavy atom. The predicted molar refractivity (Wildman–Crippen MR) is 94.5 cm³/mol. The van der Waals surface area contributed by atoms with Crippen LogP contribution in [-0.4, -0.2) is 22.5 Å². The summed E-state index contributed by atoms with van der Waals surface area (Å²) in [5.41, 5.74) is 2.77. The largest absolute Gasteiger partial charge is 0.449 e. The first-order chi connectivity index (χ1) is 11.3. The number of benzene rings is 1. The van der Waals surface area contributed by atoms with Gasteiger partial charge in [0.15, 0.2) is 6.10 Å². The number of para-hydroxylation sites is 1. The van der Waals surface area contributed by atoms with Gasteiger partial charge in [-0.3, -0.25) is 4.79 Å². The van der Waals surface area contributed by atoms with Gasteiger partial charge in [0.1, 0.15) is 0 Å². The van der Waals surface area contributed by atoms with Gasteiger partial charge in [-0.05, 0) is 45.9 Å². The van der Waals surface area contributed by atoms with E-state index in [4.69, 9.17) is 16.3 Å². The van der Waals surface area contributed by atoms with Crippen molar-refractivity contribution in [1.82, 2.24) is 4.57 Å². The number of anilines is 1. The maximum atomic E-state index is 12.3. The number of aryl methyl sites for hydroxylation is 1. The Balaban J connectivity index is 2.06. The van der Waals surface area contributed by atoms with Crippen LogP contribution in [0.2, 0.25) is 5.02 Å². The molecule has 0 fully saturated rings. The minimum atomic E-state index is -0.932. The van der Waals surface area contributed by atoms with E-state index in [1.807, 2.05) is 25.3 Å². The van der Waals surface area contributed by atoms with Crippen molar-refractivity contribution in [3.05, 3.63) is 52.3 Å². The van der Waals surface area contributed by atoms with E-state index in [2.05, 4.69) is 5.32 Å². The molecule has 1 atom stereocenters. The zero-order valence-electron chi connectivity index (χ0n) is 14.2. The molecule has 0 aliphatic carbocycles. The Labute approximate surface area is 146 Å². The van der Waals surface area contributed by atoms with Crippen LogP contribution in [0.4, 0.5) is 5.69 Å². The fourth-order valence-corrected chi connectivity index (χ4v) is 2.75. The monoisotopic (exact) mass is 348 g/mol. The number of nitrogens with one attached hydrogen (secondary N) is 1. The molecular formula is C18H21ClN2O3. The number of aromatic nitrogens is 1. The summed E-state index contributed by atoms with van der Waals surface area (Å²) in [7, 11) is 0. The third-order valence-electron chi connectivity index (χ3n) is 3.89. The van der Waals surface area contributed by atoms with Gasteiger partial charge in [0, 0.05) is 17.9 Å². The molecule has 0 bridgehead atoms. The number of hydrogen-bond donors (Lipinski definition) is 1. The fourth-order valence-electron chi connectivity index (χ4n) is 2.57. The number of halogens is 1. The quantitative estimate of drug-likeness (QED) is 0.832. The molecular weight excluding hydrogens is 328 g/mol. The third-order valence-corrected chi connectivity index (χ3v) is 4.22. The molecule has 1 aromatic heterocycles. The van der Waals surface area contributed by atoms with Crippen LogP contribution >= 0.6 is 11.6 Å². The van der Waals surface area contributed by atoms with E-state index >= 15 is 0 Å². The molecule has 1 aromatic carbocycles. The summed E-state index contributed by atoms with van der Waals surface area (Å²) < 4.78 is 7.32. The lowest BCUT2D eigenvalue weighted by atomic mass is 10.2. The van der Waals surface area contributed by atoms with Gasteiger partial charge >= 0.3 is 5.97 Å². The average Bonchev–Trinajstić information content (AvgIpc) is 2.83. The normalized spacial score (nSPS) is 11.9. The lowest BCUT2D eigenvalue weighted by Crippen LogP contribution is -2.30. The molecule has 128 valence electrons. The van der Waals surface area contributed by atoms with Crippen LogP contribution in [-0.2, 0) is 16.1 Å². The van der Waals surface area contributed by atoms with Crippen LogP contribution in [0.15, 0.2) is 30.3 Å². The molecule has 0 saturated carbocycles. The lowest BCUT2D eigenvalue weighted by Gasteiger charge is -2.14. The number of rotatable bonds is 5. The molecule has 1 amide bonds. The molecule has 5 nitrogen and oxygen atoms in total. The van der Waals surface area contributed by atoms with Crippen molar-refractivity contribution in [2.75, 3.05) is 5.32 Å². The van der Waals surface area contributed by atoms with Gasteiger partial charge in [-0.2, -0.15) is 0 Å². The van der Waals surface area contributed by atoms with Crippen molar-refractivity contribution >= 4 is 29.2 Å². The van der Waals surface area contributed by atoms with Gasteiger partial charge in [-0.15, -0.1) is 0 Å². The average molecular weight is 349 g/mol. The Bertz CT molecular complexity index is 768. The Morgan fingerprint density at radius 2 is 1.96 bits per heavy atom. The lowest BCUT2D eigenvalue weighted by molar-refractivity contribution is -0.123. The fraction of sp³-hybridized carbons (Fsp3) is 0.333. The Hall–Kier alpha value is -2.27. The van der Waals surface area contributed by atoms with Crippen LogP contribution in [0.3, 0.4) is 0 Å². The number of ether oxygens (including phenoxy) is 1. The van der Waals surface area contributed by atoms with E-state index in [0.29, 0.717) is 16.3 Å². The topological polar surface area (TPSA) is 60.3 Å². The first-order valence-electron chi connectivity index (χ1n) is 7.78. The van der Waals surface area contributed by atoms with Crippen molar-refractivity contribution in [3.8, 4) is 0 Å². The molecule has 0 aliphatic heterocycles. The standard InChI is InChI=1S/C18H21ClN2O3/c1-5-21-11(2)10-14(12(21)3)18(23)24-13(4)17(22)20-16-9-7-6-8-15(16)19/h6-10,13H,5H2,1-4H3,(H,20,22)/t13-/m0/s1. The van der Waals surface area contributed by atoms with Crippen molar-refractivity contribution in [2.45, 2.75) is 40.3 Å². The summed E-state index contributed by atoms with van der Waals surface area (Å²) in [5.74, 6) is -0.939. The van der Waals surface area contributed by atoms with Crippen LogP contribution in [0.25, 0.3) is 0 Å². The van der Waals surface area contributed by atoms with Crippen molar-refractivity contribution in [1.29, 1.82) is 0 Å². The molecule has 0 aliphatic rings. The van der Waals surface area contributed by atoms with Gasteiger partial charge in [0.05, 0.1) is 16.3 Å². The van der Waals surface area contributed by atoms with E-state index in [-0.39, 0.29) is 0 Å². The maximum absolute atomic E-state index is 12.3. The summed E-state index contributed by atoms with van der Waals surface area (Å²) in [6.07, 6.45) is -0.932. The van der Waals surface area contributed by atoms with Gasteiger partial charge in [-0.1, -0.05) is 23.7 Å². The molecule has 0 radical (unpaired) electrons. The molecule has 1 N–H and O–H groups in total. The van der Waals surface area contributed by atoms with Gasteiger partial charge in [-0.25, -0.2) is 4.79 Å². The second kappa shape index (κ2) is 7.53. The molecule has 0 saturated heterocycles. The van der Waals surface area contributed by atoms with Crippen LogP contribution in [0, 0.1) is 13.8 Å². The first kappa shape index (κ1) is 18.1. The second-order valence-corrected chi connectivity index (χ2v) is 5.95. The summed E-state index contributed by atoms with van der Waals surface area (Å²) >= 11 is 6.01. The van der Waals surface area contributed by atoms with E-state index < -0.39 is 18.0 Å². The Morgan fingerprint density at radius 3 is 2.54 bits per heavy atom. The van der Waals surface area contributed by atoms with Crippen molar-refractivity contribution < 1.29 is 14.3 Å². The highest BCUT2D eigenvalue weighted by Crippen LogP contribution is 2.21.